The van der Waals surface area contributed by atoms with Crippen molar-refractivity contribution >= 4 is 5.97 Å². The Morgan fingerprint density at radius 1 is 0.853 bits per heavy atom. The van der Waals surface area contributed by atoms with Crippen molar-refractivity contribution in [2.45, 2.75) is 26.6 Å². The lowest BCUT2D eigenvalue weighted by Gasteiger charge is -2.18. The molecule has 0 radical (unpaired) electrons. The number of ether oxygens (including phenoxy) is 1. The summed E-state index contributed by atoms with van der Waals surface area (Å²) in [6, 6.07) is 30.2. The quantitative estimate of drug-likeness (QED) is 0.423. The molecule has 3 aromatic carbocycles. The van der Waals surface area contributed by atoms with Gasteiger partial charge < -0.3 is 20.1 Å². The lowest BCUT2D eigenvalue weighted by atomic mass is 10.2. The van der Waals surface area contributed by atoms with Crippen LogP contribution in [0.4, 0.5) is 0 Å². The highest BCUT2D eigenvalue weighted by atomic mass is 16.5. The van der Waals surface area contributed by atoms with Gasteiger partial charge in [0.1, 0.15) is 6.61 Å². The van der Waals surface area contributed by atoms with E-state index in [1.807, 2.05) is 91.0 Å². The Hall–Kier alpha value is -4.16. The van der Waals surface area contributed by atoms with Crippen molar-refractivity contribution in [2.24, 2.45) is 5.73 Å². The first-order chi connectivity index (χ1) is 16.5. The number of nitrogens with zero attached hydrogens (tertiary/aromatic N) is 1. The number of aryl methyl sites for hydroxylation is 1. The van der Waals surface area contributed by atoms with Gasteiger partial charge in [-0.25, -0.2) is 4.79 Å². The van der Waals surface area contributed by atoms with Gasteiger partial charge in [-0.05, 0) is 23.6 Å². The second-order valence-corrected chi connectivity index (χ2v) is 7.67. The third kappa shape index (κ3) is 6.67. The molecule has 6 heteroatoms. The Labute approximate surface area is 198 Å². The van der Waals surface area contributed by atoms with Crippen molar-refractivity contribution in [1.82, 2.24) is 4.57 Å². The van der Waals surface area contributed by atoms with E-state index in [0.29, 0.717) is 18.8 Å². The van der Waals surface area contributed by atoms with E-state index in [4.69, 9.17) is 10.5 Å². The highest BCUT2D eigenvalue weighted by Crippen LogP contribution is 2.19. The Morgan fingerprint density at radius 2 is 1.35 bits per heavy atom. The molecule has 1 heterocycles. The molecular formula is C28H28N2O4. The van der Waals surface area contributed by atoms with Gasteiger partial charge in [-0.1, -0.05) is 91.0 Å². The van der Waals surface area contributed by atoms with E-state index in [1.54, 1.807) is 11.5 Å². The number of carboxylic acid groups (broad SMARTS) is 1. The molecular weight excluding hydrogens is 428 g/mol. The number of benzene rings is 3. The van der Waals surface area contributed by atoms with E-state index in [9.17, 15) is 14.7 Å². The zero-order valence-corrected chi connectivity index (χ0v) is 19.1. The molecule has 0 saturated carbocycles. The predicted molar refractivity (Wildman–Crippen MR) is 133 cm³/mol. The summed E-state index contributed by atoms with van der Waals surface area (Å²) >= 11 is 0. The summed E-state index contributed by atoms with van der Waals surface area (Å²) in [6.45, 7) is 2.83. The van der Waals surface area contributed by atoms with Crippen molar-refractivity contribution in [2.75, 3.05) is 0 Å². The normalized spacial score (nSPS) is 10.2. The molecule has 0 unspecified atom stereocenters. The molecule has 0 aliphatic heterocycles. The van der Waals surface area contributed by atoms with E-state index in [1.165, 1.54) is 11.6 Å². The molecule has 4 rings (SSSR count). The van der Waals surface area contributed by atoms with E-state index in [0.717, 1.165) is 11.1 Å². The zero-order valence-electron chi connectivity index (χ0n) is 19.1. The number of carboxylic acids is 1. The molecule has 1 aromatic heterocycles. The second-order valence-electron chi connectivity index (χ2n) is 7.67. The van der Waals surface area contributed by atoms with Crippen LogP contribution in [-0.4, -0.2) is 15.6 Å². The topological polar surface area (TPSA) is 94.5 Å². The lowest BCUT2D eigenvalue weighted by Crippen LogP contribution is -2.23. The highest BCUT2D eigenvalue weighted by molar-refractivity contribution is 5.89. The van der Waals surface area contributed by atoms with Gasteiger partial charge in [0.25, 0.3) is 0 Å². The molecule has 34 heavy (non-hydrogen) atoms. The molecule has 0 saturated heterocycles. The fourth-order valence-electron chi connectivity index (χ4n) is 3.41. The van der Waals surface area contributed by atoms with Gasteiger partial charge in [0.15, 0.2) is 11.4 Å². The van der Waals surface area contributed by atoms with Crippen LogP contribution in [0.1, 0.15) is 32.9 Å². The number of rotatable bonds is 7. The second kappa shape index (κ2) is 12.2. The molecule has 0 aliphatic rings. The molecule has 0 bridgehead atoms. The number of aromatic carboxylic acids is 1. The SMILES string of the molecule is Cc1cc(=O)c(OCc2ccccc2)c(C(=O)O)n1Cc1ccccc1.NCc1ccccc1. The van der Waals surface area contributed by atoms with Crippen molar-refractivity contribution in [3.05, 3.63) is 135 Å². The maximum atomic E-state index is 12.4. The van der Waals surface area contributed by atoms with Crippen LogP contribution < -0.4 is 15.9 Å². The van der Waals surface area contributed by atoms with Gasteiger partial charge in [-0.15, -0.1) is 0 Å². The van der Waals surface area contributed by atoms with Gasteiger partial charge in [0.05, 0.1) is 0 Å². The molecule has 0 atom stereocenters. The maximum Gasteiger partial charge on any atom is 0.356 e. The van der Waals surface area contributed by atoms with Crippen LogP contribution >= 0.6 is 0 Å². The van der Waals surface area contributed by atoms with Crippen LogP contribution in [0.2, 0.25) is 0 Å². The molecule has 3 N–H and O–H groups in total. The number of aromatic nitrogens is 1. The summed E-state index contributed by atoms with van der Waals surface area (Å²) < 4.78 is 7.23. The lowest BCUT2D eigenvalue weighted by molar-refractivity contribution is 0.0677. The third-order valence-corrected chi connectivity index (χ3v) is 5.17. The summed E-state index contributed by atoms with van der Waals surface area (Å²) in [5, 5.41) is 9.73. The van der Waals surface area contributed by atoms with Crippen LogP contribution in [0.3, 0.4) is 0 Å². The smallest absolute Gasteiger partial charge is 0.356 e. The monoisotopic (exact) mass is 456 g/mol. The Morgan fingerprint density at radius 3 is 1.82 bits per heavy atom. The fraction of sp³-hybridized carbons (Fsp3) is 0.143. The van der Waals surface area contributed by atoms with E-state index >= 15 is 0 Å². The summed E-state index contributed by atoms with van der Waals surface area (Å²) in [5.74, 6) is -1.33. The molecule has 0 spiro atoms. The average Bonchev–Trinajstić information content (AvgIpc) is 2.86. The molecule has 0 amide bonds. The largest absolute Gasteiger partial charge is 0.482 e. The van der Waals surface area contributed by atoms with Gasteiger partial charge in [-0.2, -0.15) is 0 Å². The number of nitrogens with two attached hydrogens (primary N) is 1. The summed E-state index contributed by atoms with van der Waals surface area (Å²) in [4.78, 5) is 24.3. The van der Waals surface area contributed by atoms with Crippen molar-refractivity contribution in [1.29, 1.82) is 0 Å². The molecule has 0 aliphatic carbocycles. The number of pyridine rings is 1. The Bertz CT molecular complexity index is 1250. The van der Waals surface area contributed by atoms with Crippen LogP contribution in [0.5, 0.6) is 5.75 Å². The first kappa shape index (κ1) is 24.5. The fourth-order valence-corrected chi connectivity index (χ4v) is 3.41. The molecule has 174 valence electrons. The van der Waals surface area contributed by atoms with Gasteiger partial charge in [-0.3, -0.25) is 4.79 Å². The minimum Gasteiger partial charge on any atom is -0.482 e. The average molecular weight is 457 g/mol. The van der Waals surface area contributed by atoms with Gasteiger partial charge in [0.2, 0.25) is 5.43 Å². The van der Waals surface area contributed by atoms with E-state index in [-0.39, 0.29) is 18.1 Å². The van der Waals surface area contributed by atoms with Crippen LogP contribution in [-0.2, 0) is 19.7 Å². The van der Waals surface area contributed by atoms with Crippen molar-refractivity contribution in [3.8, 4) is 5.75 Å². The maximum absolute atomic E-state index is 12.4. The predicted octanol–water partition coefficient (Wildman–Crippen LogP) is 4.63. The van der Waals surface area contributed by atoms with Crippen molar-refractivity contribution < 1.29 is 14.6 Å². The standard InChI is InChI=1S/C21H19NO4.C7H9N/c1-15-12-18(23)20(26-14-17-10-6-3-7-11-17)19(21(24)25)22(15)13-16-8-4-2-5-9-16;8-6-7-4-2-1-3-5-7/h2-12H,13-14H2,1H3,(H,24,25);1-5H,6,8H2. The highest BCUT2D eigenvalue weighted by Gasteiger charge is 2.21. The first-order valence-corrected chi connectivity index (χ1v) is 10.9. The van der Waals surface area contributed by atoms with Crippen LogP contribution in [0.25, 0.3) is 0 Å². The van der Waals surface area contributed by atoms with Crippen LogP contribution in [0.15, 0.2) is 102 Å². The Balaban J connectivity index is 0.000000343. The van der Waals surface area contributed by atoms with E-state index < -0.39 is 11.4 Å². The first-order valence-electron chi connectivity index (χ1n) is 10.9. The third-order valence-electron chi connectivity index (χ3n) is 5.17. The van der Waals surface area contributed by atoms with Gasteiger partial charge in [0, 0.05) is 24.8 Å². The molecule has 6 nitrogen and oxygen atoms in total. The summed E-state index contributed by atoms with van der Waals surface area (Å²) in [7, 11) is 0. The summed E-state index contributed by atoms with van der Waals surface area (Å²) in [6.07, 6.45) is 0. The van der Waals surface area contributed by atoms with Crippen molar-refractivity contribution in [3.63, 3.8) is 0 Å². The van der Waals surface area contributed by atoms with Gasteiger partial charge >= 0.3 is 5.97 Å². The molecule has 0 fully saturated rings. The minimum atomic E-state index is -1.19. The van der Waals surface area contributed by atoms with E-state index in [2.05, 4.69) is 0 Å². The minimum absolute atomic E-state index is 0.130. The number of hydrogen-bond acceptors (Lipinski definition) is 4. The molecule has 4 aromatic rings. The zero-order chi connectivity index (χ0) is 24.3. The van der Waals surface area contributed by atoms with Crippen LogP contribution in [0, 0.1) is 6.92 Å². The number of carbonyl (C=O) groups is 1. The Kier molecular flexibility index (Phi) is 8.77. The summed E-state index contributed by atoms with van der Waals surface area (Å²) in [5.41, 5.74) is 8.35. The number of hydrogen-bond donors (Lipinski definition) is 2.